The second-order valence-corrected chi connectivity index (χ2v) is 2.96. The highest BCUT2D eigenvalue weighted by atomic mass is 16.5. The van der Waals surface area contributed by atoms with Gasteiger partial charge in [-0.15, -0.1) is 0 Å². The van der Waals surface area contributed by atoms with Crippen LogP contribution in [0.15, 0.2) is 11.8 Å². The molecule has 0 fully saturated rings. The van der Waals surface area contributed by atoms with Gasteiger partial charge in [-0.25, -0.2) is 0 Å². The molecule has 0 unspecified atom stereocenters. The molecule has 1 aliphatic rings. The first-order valence-electron chi connectivity index (χ1n) is 4.29. The van der Waals surface area contributed by atoms with E-state index in [0.29, 0.717) is 6.61 Å². The minimum atomic E-state index is -0.757. The summed E-state index contributed by atoms with van der Waals surface area (Å²) >= 11 is 0. The van der Waals surface area contributed by atoms with Crippen LogP contribution in [-0.2, 0) is 14.3 Å². The van der Waals surface area contributed by atoms with Gasteiger partial charge in [-0.1, -0.05) is 0 Å². The Bertz CT molecular complexity index is 210. The zero-order valence-corrected chi connectivity index (χ0v) is 7.66. The summed E-state index contributed by atoms with van der Waals surface area (Å²) in [5.41, 5.74) is 0.775. The van der Waals surface area contributed by atoms with Crippen LogP contribution in [0.5, 0.6) is 0 Å². The number of hydrogen-bond acceptors (Lipinski definition) is 4. The van der Waals surface area contributed by atoms with Crippen molar-refractivity contribution >= 4 is 5.97 Å². The maximum atomic E-state index is 10.8. The van der Waals surface area contributed by atoms with Gasteiger partial charge in [0.1, 0.15) is 0 Å². The Morgan fingerprint density at radius 3 is 3.15 bits per heavy atom. The van der Waals surface area contributed by atoms with Gasteiger partial charge in [0.15, 0.2) is 0 Å². The summed E-state index contributed by atoms with van der Waals surface area (Å²) in [5.74, 6) is -0.404. The average Bonchev–Trinajstić information content (AvgIpc) is 2.19. The van der Waals surface area contributed by atoms with Crippen molar-refractivity contribution in [3.05, 3.63) is 11.8 Å². The highest BCUT2D eigenvalue weighted by Gasteiger charge is 2.17. The van der Waals surface area contributed by atoms with Crippen LogP contribution in [0.2, 0.25) is 0 Å². The molecule has 0 aromatic carbocycles. The fourth-order valence-corrected chi connectivity index (χ4v) is 1.20. The number of hydrogen-bond donors (Lipinski definition) is 1. The van der Waals surface area contributed by atoms with Gasteiger partial charge in [-0.3, -0.25) is 4.79 Å². The number of carbonyl (C=O) groups excluding carboxylic acids is 1. The van der Waals surface area contributed by atoms with Crippen LogP contribution in [0.1, 0.15) is 19.3 Å². The summed E-state index contributed by atoms with van der Waals surface area (Å²) < 4.78 is 9.49. The van der Waals surface area contributed by atoms with E-state index < -0.39 is 12.1 Å². The lowest BCUT2D eigenvalue weighted by Gasteiger charge is -2.17. The lowest BCUT2D eigenvalue weighted by Crippen LogP contribution is -2.19. The summed E-state index contributed by atoms with van der Waals surface area (Å²) in [5, 5.41) is 9.53. The monoisotopic (exact) mass is 186 g/mol. The zero-order valence-electron chi connectivity index (χ0n) is 7.66. The molecule has 1 heterocycles. The maximum absolute atomic E-state index is 10.8. The number of aliphatic hydroxyl groups is 1. The molecular weight excluding hydrogens is 172 g/mol. The van der Waals surface area contributed by atoms with Crippen LogP contribution in [0.3, 0.4) is 0 Å². The molecule has 0 spiro atoms. The molecule has 0 amide bonds. The van der Waals surface area contributed by atoms with Crippen molar-refractivity contribution in [2.24, 2.45) is 0 Å². The van der Waals surface area contributed by atoms with E-state index in [2.05, 4.69) is 4.74 Å². The van der Waals surface area contributed by atoms with Gasteiger partial charge in [0.05, 0.1) is 32.5 Å². The second-order valence-electron chi connectivity index (χ2n) is 2.96. The van der Waals surface area contributed by atoms with E-state index in [-0.39, 0.29) is 6.42 Å². The van der Waals surface area contributed by atoms with Gasteiger partial charge in [0.25, 0.3) is 0 Å². The van der Waals surface area contributed by atoms with E-state index >= 15 is 0 Å². The molecule has 0 saturated carbocycles. The second kappa shape index (κ2) is 4.87. The average molecular weight is 186 g/mol. The Labute approximate surface area is 77.1 Å². The van der Waals surface area contributed by atoms with Crippen molar-refractivity contribution in [1.29, 1.82) is 0 Å². The predicted octanol–water partition coefficient (Wildman–Crippen LogP) is 0.605. The first-order valence-corrected chi connectivity index (χ1v) is 4.29. The van der Waals surface area contributed by atoms with Gasteiger partial charge in [0.2, 0.25) is 0 Å². The van der Waals surface area contributed by atoms with Crippen LogP contribution in [0.4, 0.5) is 0 Å². The Morgan fingerprint density at radius 1 is 1.85 bits per heavy atom. The molecule has 1 atom stereocenters. The fraction of sp³-hybridized carbons (Fsp3) is 0.667. The van der Waals surface area contributed by atoms with Gasteiger partial charge < -0.3 is 14.6 Å². The van der Waals surface area contributed by atoms with Crippen molar-refractivity contribution in [1.82, 2.24) is 0 Å². The van der Waals surface area contributed by atoms with Crippen molar-refractivity contribution in [3.63, 3.8) is 0 Å². The minimum absolute atomic E-state index is 0.00565. The Balaban J connectivity index is 2.41. The quantitative estimate of drug-likeness (QED) is 0.656. The maximum Gasteiger partial charge on any atom is 0.308 e. The highest BCUT2D eigenvalue weighted by molar-refractivity contribution is 5.70. The van der Waals surface area contributed by atoms with Crippen LogP contribution in [-0.4, -0.2) is 30.9 Å². The van der Waals surface area contributed by atoms with E-state index in [1.165, 1.54) is 13.4 Å². The summed E-state index contributed by atoms with van der Waals surface area (Å²) in [6.07, 6.45) is 2.47. The molecule has 1 N–H and O–H groups in total. The van der Waals surface area contributed by atoms with Gasteiger partial charge in [0, 0.05) is 0 Å². The molecule has 13 heavy (non-hydrogen) atoms. The van der Waals surface area contributed by atoms with Crippen molar-refractivity contribution < 1.29 is 19.4 Å². The standard InChI is InChI=1S/C9H14O4/c1-12-9(11)5-8(10)7-3-2-4-13-6-7/h6,8,10H,2-5H2,1H3/t8-/m1/s1. The Morgan fingerprint density at radius 2 is 2.62 bits per heavy atom. The number of ether oxygens (including phenoxy) is 2. The lowest BCUT2D eigenvalue weighted by atomic mass is 10.0. The summed E-state index contributed by atoms with van der Waals surface area (Å²) in [7, 11) is 1.31. The molecular formula is C9H14O4. The van der Waals surface area contributed by atoms with Crippen LogP contribution in [0.25, 0.3) is 0 Å². The third kappa shape index (κ3) is 3.06. The fourth-order valence-electron chi connectivity index (χ4n) is 1.20. The first kappa shape index (κ1) is 10.1. The van der Waals surface area contributed by atoms with Crippen molar-refractivity contribution in [2.45, 2.75) is 25.4 Å². The first-order chi connectivity index (χ1) is 6.24. The normalized spacial score (nSPS) is 18.5. The number of carbonyl (C=O) groups is 1. The third-order valence-corrected chi connectivity index (χ3v) is 1.98. The molecule has 0 aromatic heterocycles. The van der Waals surface area contributed by atoms with Crippen LogP contribution in [0, 0.1) is 0 Å². The van der Waals surface area contributed by atoms with Gasteiger partial charge in [-0.05, 0) is 18.4 Å². The predicted molar refractivity (Wildman–Crippen MR) is 45.9 cm³/mol. The minimum Gasteiger partial charge on any atom is -0.501 e. The largest absolute Gasteiger partial charge is 0.501 e. The number of rotatable bonds is 3. The summed E-state index contributed by atoms with van der Waals surface area (Å²) in [6.45, 7) is 0.689. The van der Waals surface area contributed by atoms with E-state index in [9.17, 15) is 9.90 Å². The number of esters is 1. The highest BCUT2D eigenvalue weighted by Crippen LogP contribution is 2.17. The molecule has 0 bridgehead atoms. The number of aliphatic hydroxyl groups excluding tert-OH is 1. The Kier molecular flexibility index (Phi) is 3.76. The molecule has 4 heteroatoms. The number of methoxy groups -OCH3 is 1. The van der Waals surface area contributed by atoms with Crippen molar-refractivity contribution in [3.8, 4) is 0 Å². The van der Waals surface area contributed by atoms with Crippen LogP contribution < -0.4 is 0 Å². The van der Waals surface area contributed by atoms with Gasteiger partial charge >= 0.3 is 5.97 Å². The molecule has 1 rings (SSSR count). The molecule has 0 saturated heterocycles. The van der Waals surface area contributed by atoms with E-state index in [4.69, 9.17) is 4.74 Å². The molecule has 0 aromatic rings. The van der Waals surface area contributed by atoms with Crippen molar-refractivity contribution in [2.75, 3.05) is 13.7 Å². The molecule has 0 radical (unpaired) electrons. The topological polar surface area (TPSA) is 55.8 Å². The van der Waals surface area contributed by atoms with Gasteiger partial charge in [-0.2, -0.15) is 0 Å². The zero-order chi connectivity index (χ0) is 9.68. The molecule has 74 valence electrons. The van der Waals surface area contributed by atoms with E-state index in [1.807, 2.05) is 0 Å². The summed E-state index contributed by atoms with van der Waals surface area (Å²) in [4.78, 5) is 10.8. The van der Waals surface area contributed by atoms with E-state index in [1.54, 1.807) is 0 Å². The summed E-state index contributed by atoms with van der Waals surface area (Å²) in [6, 6.07) is 0. The van der Waals surface area contributed by atoms with Crippen LogP contribution >= 0.6 is 0 Å². The molecule has 0 aliphatic carbocycles. The molecule has 1 aliphatic heterocycles. The smallest absolute Gasteiger partial charge is 0.308 e. The third-order valence-electron chi connectivity index (χ3n) is 1.98. The van der Waals surface area contributed by atoms with E-state index in [0.717, 1.165) is 18.4 Å². The lowest BCUT2D eigenvalue weighted by molar-refractivity contribution is -0.142. The SMILES string of the molecule is COC(=O)C[C@@H](O)C1=COCCC1. The molecule has 4 nitrogen and oxygen atoms in total. The Hall–Kier alpha value is -1.03.